The van der Waals surface area contributed by atoms with E-state index in [0.717, 1.165) is 49.6 Å². The maximum atomic E-state index is 12.9. The molecule has 7 nitrogen and oxygen atoms in total. The van der Waals surface area contributed by atoms with Gasteiger partial charge in [0.2, 0.25) is 5.91 Å². The van der Waals surface area contributed by atoms with Gasteiger partial charge in [0, 0.05) is 53.7 Å². The molecule has 0 aliphatic carbocycles. The lowest BCUT2D eigenvalue weighted by Crippen LogP contribution is -2.48. The van der Waals surface area contributed by atoms with Crippen molar-refractivity contribution in [2.45, 2.75) is 6.54 Å². The van der Waals surface area contributed by atoms with Crippen LogP contribution < -0.4 is 10.1 Å². The first kappa shape index (κ1) is 26.4. The number of rotatable bonds is 8. The van der Waals surface area contributed by atoms with Crippen LogP contribution in [0.5, 0.6) is 5.75 Å². The number of amides is 1. The average molecular weight is 548 g/mol. The van der Waals surface area contributed by atoms with E-state index >= 15 is 0 Å². The number of piperazine rings is 1. The Morgan fingerprint density at radius 3 is 2.33 bits per heavy atom. The maximum Gasteiger partial charge on any atom is 0.341 e. The Morgan fingerprint density at radius 2 is 1.69 bits per heavy atom. The number of hydrogen-bond donors (Lipinski definition) is 1. The van der Waals surface area contributed by atoms with Crippen LogP contribution in [0.15, 0.2) is 47.8 Å². The van der Waals surface area contributed by atoms with Gasteiger partial charge in [-0.2, -0.15) is 0 Å². The number of nitrogens with one attached hydrogen (secondary N) is 1. The highest BCUT2D eigenvalue weighted by atomic mass is 35.5. The summed E-state index contributed by atoms with van der Waals surface area (Å²) in [5, 5.41) is 6.53. The van der Waals surface area contributed by atoms with Crippen LogP contribution in [0, 0.1) is 0 Å². The number of carbonyl (C=O) groups is 2. The number of thiophene rings is 1. The number of carbonyl (C=O) groups excluding carboxylic acids is 2. The molecule has 2 aromatic carbocycles. The summed E-state index contributed by atoms with van der Waals surface area (Å²) in [6, 6.07) is 12.9. The number of ether oxygens (including phenoxy) is 2. The largest absolute Gasteiger partial charge is 0.497 e. The van der Waals surface area contributed by atoms with Gasteiger partial charge in [-0.25, -0.2) is 4.79 Å². The van der Waals surface area contributed by atoms with Crippen LogP contribution in [-0.2, 0) is 16.1 Å². The van der Waals surface area contributed by atoms with Crippen molar-refractivity contribution < 1.29 is 19.1 Å². The minimum atomic E-state index is -0.494. The fraction of sp³-hybridized carbons (Fsp3) is 0.308. The van der Waals surface area contributed by atoms with E-state index in [1.165, 1.54) is 18.4 Å². The van der Waals surface area contributed by atoms with Crippen molar-refractivity contribution in [1.82, 2.24) is 9.80 Å². The predicted octanol–water partition coefficient (Wildman–Crippen LogP) is 5.27. The summed E-state index contributed by atoms with van der Waals surface area (Å²) < 4.78 is 10.2. The van der Waals surface area contributed by atoms with Gasteiger partial charge in [0.15, 0.2) is 0 Å². The summed E-state index contributed by atoms with van der Waals surface area (Å²) in [5.41, 5.74) is 2.93. The topological polar surface area (TPSA) is 71.1 Å². The second-order valence-corrected chi connectivity index (χ2v) is 10.1. The third-order valence-electron chi connectivity index (χ3n) is 6.08. The standard InChI is InChI=1S/C26H27Cl2N3O4S/c1-34-20-7-4-17(5-8-20)21-16-36-25(24(21)26(33)35-2)29-23(32)15-31-11-9-30(10-12-31)14-18-3-6-19(27)13-22(18)28/h3-8,13,16H,9-12,14-15H2,1-2H3,(H,29,32). The first-order valence-electron chi connectivity index (χ1n) is 11.4. The molecule has 2 heterocycles. The summed E-state index contributed by atoms with van der Waals surface area (Å²) in [7, 11) is 2.93. The van der Waals surface area contributed by atoms with Gasteiger partial charge in [-0.3, -0.25) is 14.6 Å². The number of hydrogen-bond acceptors (Lipinski definition) is 7. The van der Waals surface area contributed by atoms with Gasteiger partial charge in [-0.15, -0.1) is 11.3 Å². The Bertz CT molecular complexity index is 1220. The lowest BCUT2D eigenvalue weighted by atomic mass is 10.0. The van der Waals surface area contributed by atoms with Crippen molar-refractivity contribution in [2.24, 2.45) is 0 Å². The molecule has 1 aromatic heterocycles. The maximum absolute atomic E-state index is 12.9. The van der Waals surface area contributed by atoms with Gasteiger partial charge in [0.25, 0.3) is 0 Å². The molecule has 10 heteroatoms. The molecule has 1 saturated heterocycles. The molecule has 0 spiro atoms. The quantitative estimate of drug-likeness (QED) is 0.387. The van der Waals surface area contributed by atoms with E-state index in [9.17, 15) is 9.59 Å². The molecule has 0 radical (unpaired) electrons. The van der Waals surface area contributed by atoms with E-state index in [1.54, 1.807) is 13.2 Å². The zero-order valence-electron chi connectivity index (χ0n) is 20.1. The molecule has 36 heavy (non-hydrogen) atoms. The van der Waals surface area contributed by atoms with Crippen LogP contribution in [0.3, 0.4) is 0 Å². The minimum absolute atomic E-state index is 0.169. The molecular weight excluding hydrogens is 521 g/mol. The molecule has 1 aliphatic rings. The van der Waals surface area contributed by atoms with E-state index in [4.69, 9.17) is 32.7 Å². The predicted molar refractivity (Wildman–Crippen MR) is 144 cm³/mol. The Hall–Kier alpha value is -2.62. The van der Waals surface area contributed by atoms with Crippen molar-refractivity contribution in [3.05, 3.63) is 69.0 Å². The number of nitrogens with zero attached hydrogens (tertiary/aromatic N) is 2. The fourth-order valence-corrected chi connectivity index (χ4v) is 5.55. The van der Waals surface area contributed by atoms with Crippen LogP contribution in [0.4, 0.5) is 5.00 Å². The van der Waals surface area contributed by atoms with Crippen molar-refractivity contribution in [1.29, 1.82) is 0 Å². The van der Waals surface area contributed by atoms with Crippen molar-refractivity contribution >= 4 is 51.4 Å². The van der Waals surface area contributed by atoms with Crippen LogP contribution >= 0.6 is 34.5 Å². The Balaban J connectivity index is 1.36. The summed E-state index contributed by atoms with van der Waals surface area (Å²) in [5.74, 6) is 0.0582. The summed E-state index contributed by atoms with van der Waals surface area (Å²) in [6.07, 6.45) is 0. The molecule has 4 rings (SSSR count). The fourth-order valence-electron chi connectivity index (χ4n) is 4.10. The molecule has 1 fully saturated rings. The molecule has 0 saturated carbocycles. The molecular formula is C26H27Cl2N3O4S. The molecule has 1 N–H and O–H groups in total. The highest BCUT2D eigenvalue weighted by molar-refractivity contribution is 7.15. The lowest BCUT2D eigenvalue weighted by molar-refractivity contribution is -0.117. The number of benzene rings is 2. The highest BCUT2D eigenvalue weighted by Crippen LogP contribution is 2.36. The molecule has 1 amide bonds. The first-order chi connectivity index (χ1) is 17.4. The second-order valence-electron chi connectivity index (χ2n) is 8.41. The summed E-state index contributed by atoms with van der Waals surface area (Å²) in [6.45, 7) is 4.13. The SMILES string of the molecule is COC(=O)c1c(-c2ccc(OC)cc2)csc1NC(=O)CN1CCN(Cc2ccc(Cl)cc2Cl)CC1. The van der Waals surface area contributed by atoms with E-state index < -0.39 is 5.97 Å². The van der Waals surface area contributed by atoms with E-state index in [2.05, 4.69) is 15.1 Å². The second kappa shape index (κ2) is 12.1. The van der Waals surface area contributed by atoms with Crippen molar-refractivity contribution in [3.8, 4) is 16.9 Å². The highest BCUT2D eigenvalue weighted by Gasteiger charge is 2.24. The third-order valence-corrected chi connectivity index (χ3v) is 7.56. The van der Waals surface area contributed by atoms with Crippen molar-refractivity contribution in [2.75, 3.05) is 52.3 Å². The van der Waals surface area contributed by atoms with Gasteiger partial charge in [-0.1, -0.05) is 41.4 Å². The molecule has 3 aromatic rings. The van der Waals surface area contributed by atoms with Crippen LogP contribution in [0.2, 0.25) is 10.0 Å². The van der Waals surface area contributed by atoms with Gasteiger partial charge in [-0.05, 0) is 35.4 Å². The Morgan fingerprint density at radius 1 is 1.00 bits per heavy atom. The van der Waals surface area contributed by atoms with Gasteiger partial charge >= 0.3 is 5.97 Å². The van der Waals surface area contributed by atoms with E-state index in [1.807, 2.05) is 41.8 Å². The molecule has 190 valence electrons. The average Bonchev–Trinajstić information content (AvgIpc) is 3.29. The van der Waals surface area contributed by atoms with E-state index in [0.29, 0.717) is 26.2 Å². The van der Waals surface area contributed by atoms with Gasteiger partial charge < -0.3 is 14.8 Å². The summed E-state index contributed by atoms with van der Waals surface area (Å²) in [4.78, 5) is 29.9. The van der Waals surface area contributed by atoms with Gasteiger partial charge in [0.1, 0.15) is 16.3 Å². The molecule has 1 aliphatic heterocycles. The zero-order valence-corrected chi connectivity index (χ0v) is 22.4. The van der Waals surface area contributed by atoms with Gasteiger partial charge in [0.05, 0.1) is 20.8 Å². The van der Waals surface area contributed by atoms with Crippen LogP contribution in [0.1, 0.15) is 15.9 Å². The smallest absolute Gasteiger partial charge is 0.341 e. The lowest BCUT2D eigenvalue weighted by Gasteiger charge is -2.34. The molecule has 0 unspecified atom stereocenters. The molecule has 0 atom stereocenters. The number of anilines is 1. The number of methoxy groups -OCH3 is 2. The Kier molecular flexibility index (Phi) is 8.87. The van der Waals surface area contributed by atoms with Crippen LogP contribution in [-0.4, -0.2) is 68.6 Å². The summed E-state index contributed by atoms with van der Waals surface area (Å²) >= 11 is 13.6. The normalized spacial score (nSPS) is 14.4. The molecule has 0 bridgehead atoms. The minimum Gasteiger partial charge on any atom is -0.497 e. The van der Waals surface area contributed by atoms with Crippen LogP contribution in [0.25, 0.3) is 11.1 Å². The zero-order chi connectivity index (χ0) is 25.7. The number of halogens is 2. The first-order valence-corrected chi connectivity index (χ1v) is 13.0. The van der Waals surface area contributed by atoms with Crippen molar-refractivity contribution in [3.63, 3.8) is 0 Å². The number of esters is 1. The third kappa shape index (κ3) is 6.38. The van der Waals surface area contributed by atoms with E-state index in [-0.39, 0.29) is 12.5 Å². The Labute approximate surface area is 224 Å². The monoisotopic (exact) mass is 547 g/mol.